The van der Waals surface area contributed by atoms with Gasteiger partial charge in [0.2, 0.25) is 0 Å². The van der Waals surface area contributed by atoms with Crippen molar-refractivity contribution in [1.29, 1.82) is 0 Å². The van der Waals surface area contributed by atoms with Gasteiger partial charge < -0.3 is 9.30 Å². The van der Waals surface area contributed by atoms with E-state index in [1.807, 2.05) is 12.1 Å². The average Bonchev–Trinajstić information content (AvgIpc) is 2.94. The third-order valence-corrected chi connectivity index (χ3v) is 3.73. The summed E-state index contributed by atoms with van der Waals surface area (Å²) in [5.41, 5.74) is 2.13. The quantitative estimate of drug-likeness (QED) is 0.781. The molecule has 4 heteroatoms. The minimum absolute atomic E-state index is 0.459. The normalized spacial score (nSPS) is 23.0. The molecule has 3 rings (SSSR count). The maximum atomic E-state index is 5.98. The van der Waals surface area contributed by atoms with E-state index in [0.29, 0.717) is 11.9 Å². The summed E-state index contributed by atoms with van der Waals surface area (Å²) in [5.74, 6) is 2.99. The van der Waals surface area contributed by atoms with E-state index in [9.17, 15) is 0 Å². The van der Waals surface area contributed by atoms with Gasteiger partial charge in [0, 0.05) is 12.1 Å². The van der Waals surface area contributed by atoms with Crippen LogP contribution in [0.5, 0.6) is 5.75 Å². The van der Waals surface area contributed by atoms with Crippen molar-refractivity contribution in [3.8, 4) is 5.75 Å². The number of methoxy groups -OCH3 is 1. The van der Waals surface area contributed by atoms with Crippen LogP contribution in [0.1, 0.15) is 25.2 Å². The number of imidazole rings is 1. The number of nitrogens with zero attached hydrogens (tertiary/aromatic N) is 2. The van der Waals surface area contributed by atoms with Crippen LogP contribution < -0.4 is 4.74 Å². The molecule has 0 spiro atoms. The lowest BCUT2D eigenvalue weighted by atomic mass is 10.3. The van der Waals surface area contributed by atoms with E-state index in [2.05, 4.69) is 22.5 Å². The van der Waals surface area contributed by atoms with E-state index in [-0.39, 0.29) is 0 Å². The Bertz CT molecular complexity index is 564. The summed E-state index contributed by atoms with van der Waals surface area (Å²) >= 11 is 5.98. The van der Waals surface area contributed by atoms with Gasteiger partial charge in [0.1, 0.15) is 11.6 Å². The first-order valence-electron chi connectivity index (χ1n) is 5.85. The Morgan fingerprint density at radius 3 is 2.88 bits per heavy atom. The third-order valence-electron chi connectivity index (χ3n) is 3.49. The van der Waals surface area contributed by atoms with Crippen molar-refractivity contribution in [3.63, 3.8) is 0 Å². The average molecular weight is 251 g/mol. The molecule has 1 aliphatic carbocycles. The monoisotopic (exact) mass is 250 g/mol. The zero-order valence-electron chi connectivity index (χ0n) is 9.98. The summed E-state index contributed by atoms with van der Waals surface area (Å²) in [6, 6.07) is 6.59. The number of rotatable bonds is 3. The summed E-state index contributed by atoms with van der Waals surface area (Å²) in [6.45, 7) is 2.26. The van der Waals surface area contributed by atoms with Crippen LogP contribution in [0.3, 0.4) is 0 Å². The maximum Gasteiger partial charge on any atom is 0.125 e. The van der Waals surface area contributed by atoms with Crippen molar-refractivity contribution in [3.05, 3.63) is 24.0 Å². The fraction of sp³-hybridized carbons (Fsp3) is 0.462. The molecule has 0 N–H and O–H groups in total. The fourth-order valence-corrected chi connectivity index (χ4v) is 2.57. The minimum atomic E-state index is 0.459. The predicted molar refractivity (Wildman–Crippen MR) is 68.7 cm³/mol. The molecule has 2 aromatic rings. The number of hydrogen-bond acceptors (Lipinski definition) is 2. The molecule has 90 valence electrons. The molecule has 2 unspecified atom stereocenters. The van der Waals surface area contributed by atoms with Gasteiger partial charge in [-0.1, -0.05) is 6.92 Å². The van der Waals surface area contributed by atoms with Crippen LogP contribution in [0.15, 0.2) is 18.2 Å². The van der Waals surface area contributed by atoms with Gasteiger partial charge in [-0.05, 0) is 24.5 Å². The van der Waals surface area contributed by atoms with Gasteiger partial charge in [0.25, 0.3) is 0 Å². The van der Waals surface area contributed by atoms with Gasteiger partial charge >= 0.3 is 0 Å². The van der Waals surface area contributed by atoms with Gasteiger partial charge in [0.15, 0.2) is 0 Å². The lowest BCUT2D eigenvalue weighted by molar-refractivity contribution is 0.415. The highest BCUT2D eigenvalue weighted by molar-refractivity contribution is 6.16. The molecule has 0 bridgehead atoms. The number of aromatic nitrogens is 2. The van der Waals surface area contributed by atoms with Gasteiger partial charge in [-0.25, -0.2) is 4.98 Å². The van der Waals surface area contributed by atoms with Gasteiger partial charge in [-0.15, -0.1) is 11.6 Å². The fourth-order valence-electron chi connectivity index (χ4n) is 2.38. The Kier molecular flexibility index (Phi) is 2.51. The molecule has 1 fully saturated rings. The summed E-state index contributed by atoms with van der Waals surface area (Å²) in [6.07, 6.45) is 1.22. The van der Waals surface area contributed by atoms with E-state index < -0.39 is 0 Å². The second kappa shape index (κ2) is 3.91. The molecule has 1 saturated carbocycles. The number of fused-ring (bicyclic) bond motifs is 1. The molecular weight excluding hydrogens is 236 g/mol. The molecule has 1 aliphatic rings. The van der Waals surface area contributed by atoms with Crippen LogP contribution in [0.2, 0.25) is 0 Å². The number of alkyl halides is 1. The topological polar surface area (TPSA) is 27.1 Å². The molecule has 0 saturated heterocycles. The van der Waals surface area contributed by atoms with Crippen molar-refractivity contribution < 1.29 is 4.74 Å². The van der Waals surface area contributed by atoms with Crippen molar-refractivity contribution in [1.82, 2.24) is 9.55 Å². The van der Waals surface area contributed by atoms with Crippen LogP contribution in [-0.2, 0) is 5.88 Å². The lowest BCUT2D eigenvalue weighted by Crippen LogP contribution is -2.00. The number of halogens is 1. The second-order valence-electron chi connectivity index (χ2n) is 4.67. The second-order valence-corrected chi connectivity index (χ2v) is 4.93. The molecule has 1 aromatic carbocycles. The molecule has 1 heterocycles. The molecule has 1 aromatic heterocycles. The standard InChI is InChI=1S/C13H15ClN2O/c1-8-5-12(8)16-11-4-3-9(17-2)6-10(11)15-13(16)7-14/h3-4,6,8,12H,5,7H2,1-2H3. The Labute approximate surface area is 105 Å². The van der Waals surface area contributed by atoms with Crippen LogP contribution in [0.4, 0.5) is 0 Å². The van der Waals surface area contributed by atoms with Crippen molar-refractivity contribution in [2.24, 2.45) is 5.92 Å². The van der Waals surface area contributed by atoms with Crippen LogP contribution in [0.25, 0.3) is 11.0 Å². The molecule has 2 atom stereocenters. The summed E-state index contributed by atoms with van der Waals surface area (Å²) in [5, 5.41) is 0. The van der Waals surface area contributed by atoms with Crippen molar-refractivity contribution in [2.75, 3.05) is 7.11 Å². The summed E-state index contributed by atoms with van der Waals surface area (Å²) < 4.78 is 7.50. The third kappa shape index (κ3) is 1.69. The molecule has 0 radical (unpaired) electrons. The van der Waals surface area contributed by atoms with Crippen molar-refractivity contribution >= 4 is 22.6 Å². The number of hydrogen-bond donors (Lipinski definition) is 0. The lowest BCUT2D eigenvalue weighted by Gasteiger charge is -2.06. The Morgan fingerprint density at radius 1 is 1.53 bits per heavy atom. The Morgan fingerprint density at radius 2 is 2.29 bits per heavy atom. The highest BCUT2D eigenvalue weighted by Gasteiger charge is 2.36. The highest BCUT2D eigenvalue weighted by atomic mass is 35.5. The van der Waals surface area contributed by atoms with Crippen LogP contribution >= 0.6 is 11.6 Å². The van der Waals surface area contributed by atoms with Gasteiger partial charge in [0.05, 0.1) is 24.0 Å². The van der Waals surface area contributed by atoms with E-state index >= 15 is 0 Å². The maximum absolute atomic E-state index is 5.98. The molecule has 17 heavy (non-hydrogen) atoms. The van der Waals surface area contributed by atoms with Crippen LogP contribution in [0, 0.1) is 5.92 Å². The SMILES string of the molecule is COc1ccc2c(c1)nc(CCl)n2C1CC1C. The number of ether oxygens (including phenoxy) is 1. The smallest absolute Gasteiger partial charge is 0.125 e. The molecular formula is C13H15ClN2O. The summed E-state index contributed by atoms with van der Waals surface area (Å²) in [7, 11) is 1.67. The predicted octanol–water partition coefficient (Wildman–Crippen LogP) is 3.36. The van der Waals surface area contributed by atoms with Gasteiger partial charge in [-0.3, -0.25) is 0 Å². The van der Waals surface area contributed by atoms with Gasteiger partial charge in [-0.2, -0.15) is 0 Å². The Balaban J connectivity index is 2.18. The first-order valence-corrected chi connectivity index (χ1v) is 6.39. The van der Waals surface area contributed by atoms with Crippen LogP contribution in [-0.4, -0.2) is 16.7 Å². The first-order chi connectivity index (χ1) is 8.24. The van der Waals surface area contributed by atoms with E-state index in [1.165, 1.54) is 6.42 Å². The zero-order valence-corrected chi connectivity index (χ0v) is 10.7. The molecule has 0 aliphatic heterocycles. The minimum Gasteiger partial charge on any atom is -0.497 e. The van der Waals surface area contributed by atoms with Crippen molar-refractivity contribution in [2.45, 2.75) is 25.3 Å². The number of benzene rings is 1. The van der Waals surface area contributed by atoms with E-state index in [1.54, 1.807) is 7.11 Å². The largest absolute Gasteiger partial charge is 0.497 e. The Hall–Kier alpha value is -1.22. The van der Waals surface area contributed by atoms with E-state index in [0.717, 1.165) is 28.5 Å². The molecule has 3 nitrogen and oxygen atoms in total. The highest BCUT2D eigenvalue weighted by Crippen LogP contribution is 2.45. The zero-order chi connectivity index (χ0) is 12.0. The summed E-state index contributed by atoms with van der Waals surface area (Å²) in [4.78, 5) is 4.59. The first kappa shape index (κ1) is 10.9. The van der Waals surface area contributed by atoms with E-state index in [4.69, 9.17) is 16.3 Å². The molecule has 0 amide bonds.